The number of hydrogen-bond donors (Lipinski definition) is 1. The van der Waals surface area contributed by atoms with Crippen LogP contribution in [0.25, 0.3) is 0 Å². The quantitative estimate of drug-likeness (QED) is 0.830. The first-order valence-corrected chi connectivity index (χ1v) is 8.39. The Kier molecular flexibility index (Phi) is 6.11. The van der Waals surface area contributed by atoms with Gasteiger partial charge in [0.05, 0.1) is 6.10 Å². The van der Waals surface area contributed by atoms with Crippen molar-refractivity contribution in [3.8, 4) is 0 Å². The summed E-state index contributed by atoms with van der Waals surface area (Å²) >= 11 is 0. The van der Waals surface area contributed by atoms with Crippen LogP contribution >= 0.6 is 0 Å². The molecule has 2 aliphatic rings. The van der Waals surface area contributed by atoms with E-state index in [2.05, 4.69) is 31.0 Å². The molecule has 0 aliphatic carbocycles. The Morgan fingerprint density at radius 2 is 2.05 bits per heavy atom. The van der Waals surface area contributed by atoms with Crippen molar-refractivity contribution in [1.82, 2.24) is 10.2 Å². The maximum atomic E-state index is 5.92. The average molecular weight is 268 g/mol. The molecule has 0 bridgehead atoms. The summed E-state index contributed by atoms with van der Waals surface area (Å²) in [7, 11) is 0. The molecule has 2 aliphatic heterocycles. The zero-order valence-electron chi connectivity index (χ0n) is 13.0. The maximum absolute atomic E-state index is 5.92. The molecule has 112 valence electrons. The van der Waals surface area contributed by atoms with Crippen molar-refractivity contribution in [2.75, 3.05) is 19.7 Å². The fraction of sp³-hybridized carbons (Fsp3) is 1.00. The summed E-state index contributed by atoms with van der Waals surface area (Å²) in [6, 6.07) is 2.18. The first-order chi connectivity index (χ1) is 9.28. The van der Waals surface area contributed by atoms with Gasteiger partial charge in [-0.3, -0.25) is 4.90 Å². The molecule has 3 nitrogen and oxygen atoms in total. The third-order valence-corrected chi connectivity index (χ3v) is 4.93. The molecule has 0 spiro atoms. The van der Waals surface area contributed by atoms with Crippen LogP contribution in [0.5, 0.6) is 0 Å². The lowest BCUT2D eigenvalue weighted by Crippen LogP contribution is -2.60. The van der Waals surface area contributed by atoms with Crippen molar-refractivity contribution in [2.24, 2.45) is 0 Å². The van der Waals surface area contributed by atoms with Gasteiger partial charge >= 0.3 is 0 Å². The van der Waals surface area contributed by atoms with Crippen LogP contribution in [0, 0.1) is 0 Å². The van der Waals surface area contributed by atoms with Gasteiger partial charge in [-0.2, -0.15) is 0 Å². The Labute approximate surface area is 119 Å². The third-order valence-electron chi connectivity index (χ3n) is 4.93. The summed E-state index contributed by atoms with van der Waals surface area (Å²) in [4.78, 5) is 2.80. The van der Waals surface area contributed by atoms with E-state index in [0.29, 0.717) is 12.1 Å². The van der Waals surface area contributed by atoms with Crippen LogP contribution in [0.1, 0.15) is 59.3 Å². The van der Waals surface area contributed by atoms with Crippen molar-refractivity contribution < 1.29 is 4.74 Å². The van der Waals surface area contributed by atoms with E-state index >= 15 is 0 Å². The highest BCUT2D eigenvalue weighted by Crippen LogP contribution is 2.26. The predicted octanol–water partition coefficient (Wildman–Crippen LogP) is 2.80. The van der Waals surface area contributed by atoms with Gasteiger partial charge in [-0.25, -0.2) is 0 Å². The van der Waals surface area contributed by atoms with Gasteiger partial charge < -0.3 is 10.1 Å². The van der Waals surface area contributed by atoms with Gasteiger partial charge in [-0.15, -0.1) is 0 Å². The number of nitrogens with zero attached hydrogens (tertiary/aromatic N) is 1. The SMILES string of the molecule is CCCC1CC(N2CC(CC)NCC2CC)CCO1. The molecule has 2 rings (SSSR count). The molecular weight excluding hydrogens is 236 g/mol. The van der Waals surface area contributed by atoms with Crippen molar-refractivity contribution >= 4 is 0 Å². The lowest BCUT2D eigenvalue weighted by molar-refractivity contribution is -0.0489. The topological polar surface area (TPSA) is 24.5 Å². The molecule has 0 saturated carbocycles. The maximum Gasteiger partial charge on any atom is 0.0590 e. The van der Waals surface area contributed by atoms with Crippen molar-refractivity contribution in [1.29, 1.82) is 0 Å². The number of nitrogens with one attached hydrogen (secondary N) is 1. The lowest BCUT2D eigenvalue weighted by Gasteiger charge is -2.46. The molecule has 2 fully saturated rings. The van der Waals surface area contributed by atoms with Gasteiger partial charge in [0.15, 0.2) is 0 Å². The molecule has 0 aromatic carbocycles. The Morgan fingerprint density at radius 3 is 2.74 bits per heavy atom. The van der Waals surface area contributed by atoms with Gasteiger partial charge in [-0.1, -0.05) is 27.2 Å². The monoisotopic (exact) mass is 268 g/mol. The molecule has 0 aromatic heterocycles. The third kappa shape index (κ3) is 3.93. The second-order valence-corrected chi connectivity index (χ2v) is 6.23. The fourth-order valence-electron chi connectivity index (χ4n) is 3.67. The zero-order chi connectivity index (χ0) is 13.7. The van der Waals surface area contributed by atoms with Crippen LogP contribution in [-0.4, -0.2) is 48.8 Å². The average Bonchev–Trinajstić information content (AvgIpc) is 2.47. The molecule has 2 heterocycles. The van der Waals surface area contributed by atoms with E-state index in [9.17, 15) is 0 Å². The first-order valence-electron chi connectivity index (χ1n) is 8.39. The van der Waals surface area contributed by atoms with Gasteiger partial charge in [0.25, 0.3) is 0 Å². The molecule has 0 amide bonds. The van der Waals surface area contributed by atoms with Crippen LogP contribution in [-0.2, 0) is 4.74 Å². The summed E-state index contributed by atoms with van der Waals surface area (Å²) < 4.78 is 5.92. The van der Waals surface area contributed by atoms with Crippen LogP contribution < -0.4 is 5.32 Å². The van der Waals surface area contributed by atoms with E-state index in [0.717, 1.165) is 18.7 Å². The van der Waals surface area contributed by atoms with Gasteiger partial charge in [0, 0.05) is 37.8 Å². The number of rotatable bonds is 5. The molecule has 3 heteroatoms. The van der Waals surface area contributed by atoms with Crippen LogP contribution in [0.2, 0.25) is 0 Å². The molecule has 4 atom stereocenters. The minimum atomic E-state index is 0.510. The Bertz CT molecular complexity index is 257. The normalized spacial score (nSPS) is 37.4. The summed E-state index contributed by atoms with van der Waals surface area (Å²) in [6.07, 6.45) is 7.97. The molecular formula is C16H32N2O. The summed E-state index contributed by atoms with van der Waals surface area (Å²) in [5, 5.41) is 3.70. The van der Waals surface area contributed by atoms with Crippen LogP contribution in [0.3, 0.4) is 0 Å². The lowest BCUT2D eigenvalue weighted by atomic mass is 9.94. The second-order valence-electron chi connectivity index (χ2n) is 6.23. The molecule has 4 unspecified atom stereocenters. The minimum Gasteiger partial charge on any atom is -0.378 e. The van der Waals surface area contributed by atoms with E-state index in [-0.39, 0.29) is 0 Å². The van der Waals surface area contributed by atoms with Crippen LogP contribution in [0.4, 0.5) is 0 Å². The molecule has 0 aromatic rings. The fourth-order valence-corrected chi connectivity index (χ4v) is 3.67. The highest BCUT2D eigenvalue weighted by atomic mass is 16.5. The second kappa shape index (κ2) is 7.61. The molecule has 1 N–H and O–H groups in total. The minimum absolute atomic E-state index is 0.510. The Hall–Kier alpha value is -0.120. The number of ether oxygens (including phenoxy) is 1. The molecule has 0 radical (unpaired) electrons. The van der Waals surface area contributed by atoms with Gasteiger partial charge in [0.1, 0.15) is 0 Å². The highest BCUT2D eigenvalue weighted by Gasteiger charge is 2.34. The van der Waals surface area contributed by atoms with Gasteiger partial charge in [-0.05, 0) is 32.1 Å². The van der Waals surface area contributed by atoms with E-state index in [1.807, 2.05) is 0 Å². The van der Waals surface area contributed by atoms with E-state index in [1.54, 1.807) is 0 Å². The summed E-state index contributed by atoms with van der Waals surface area (Å²) in [5.74, 6) is 0. The summed E-state index contributed by atoms with van der Waals surface area (Å²) in [5.41, 5.74) is 0. The first kappa shape index (κ1) is 15.3. The number of piperazine rings is 1. The Balaban J connectivity index is 1.95. The predicted molar refractivity (Wildman–Crippen MR) is 80.5 cm³/mol. The van der Waals surface area contributed by atoms with Crippen molar-refractivity contribution in [3.05, 3.63) is 0 Å². The molecule has 19 heavy (non-hydrogen) atoms. The zero-order valence-corrected chi connectivity index (χ0v) is 13.0. The van der Waals surface area contributed by atoms with Crippen LogP contribution in [0.15, 0.2) is 0 Å². The van der Waals surface area contributed by atoms with E-state index < -0.39 is 0 Å². The number of hydrogen-bond acceptors (Lipinski definition) is 3. The molecule has 2 saturated heterocycles. The highest BCUT2D eigenvalue weighted by molar-refractivity contribution is 4.91. The van der Waals surface area contributed by atoms with Gasteiger partial charge in [0.2, 0.25) is 0 Å². The van der Waals surface area contributed by atoms with Crippen molar-refractivity contribution in [2.45, 2.75) is 83.5 Å². The summed E-state index contributed by atoms with van der Waals surface area (Å²) in [6.45, 7) is 10.3. The Morgan fingerprint density at radius 1 is 1.21 bits per heavy atom. The van der Waals surface area contributed by atoms with E-state index in [4.69, 9.17) is 4.74 Å². The van der Waals surface area contributed by atoms with E-state index in [1.165, 1.54) is 51.6 Å². The smallest absolute Gasteiger partial charge is 0.0590 e. The standard InChI is InChI=1S/C16H32N2O/c1-4-7-16-10-15(8-9-19-16)18-12-13(5-2)17-11-14(18)6-3/h13-17H,4-12H2,1-3H3. The van der Waals surface area contributed by atoms with Crippen molar-refractivity contribution in [3.63, 3.8) is 0 Å². The largest absolute Gasteiger partial charge is 0.378 e.